The van der Waals surface area contributed by atoms with Crippen LogP contribution in [0.3, 0.4) is 0 Å². The highest BCUT2D eigenvalue weighted by molar-refractivity contribution is 6.00. The third-order valence-corrected chi connectivity index (χ3v) is 2.98. The molecule has 0 spiro atoms. The number of benzene rings is 1. The number of hydrogen-bond donors (Lipinski definition) is 1. The molecule has 3 nitrogen and oxygen atoms in total. The Hall–Kier alpha value is -1.77. The van der Waals surface area contributed by atoms with E-state index in [1.807, 2.05) is 24.3 Å². The topological polar surface area (TPSA) is 42.1 Å². The van der Waals surface area contributed by atoms with E-state index in [2.05, 4.69) is 25.8 Å². The number of hydrogen-bond acceptors (Lipinski definition) is 2. The maximum atomic E-state index is 12.1. The Morgan fingerprint density at radius 3 is 2.84 bits per heavy atom. The van der Waals surface area contributed by atoms with Crippen LogP contribution in [0.5, 0.6) is 5.75 Å². The summed E-state index contributed by atoms with van der Waals surface area (Å²) in [6.45, 7) is 6.88. The molecule has 0 amide bonds. The van der Waals surface area contributed by atoms with Crippen LogP contribution < -0.4 is 4.74 Å². The number of carbonyl (C=O) groups is 1. The lowest BCUT2D eigenvalue weighted by Gasteiger charge is -2.04. The monoisotopic (exact) mass is 259 g/mol. The van der Waals surface area contributed by atoms with Crippen LogP contribution in [-0.4, -0.2) is 17.4 Å². The standard InChI is InChI=1S/C16H21NO2/c1-4-8-19-16-7-5-6-13-12(16)10-14(17-13)15(18)9-11(2)3/h5-7,10-11,17H,4,8-9H2,1-3H3. The van der Waals surface area contributed by atoms with Crippen LogP contribution in [0, 0.1) is 5.92 Å². The van der Waals surface area contributed by atoms with Crippen molar-refractivity contribution >= 4 is 16.7 Å². The van der Waals surface area contributed by atoms with Crippen molar-refractivity contribution in [2.45, 2.75) is 33.6 Å². The van der Waals surface area contributed by atoms with Gasteiger partial charge in [-0.2, -0.15) is 0 Å². The van der Waals surface area contributed by atoms with Crippen molar-refractivity contribution in [1.82, 2.24) is 4.98 Å². The summed E-state index contributed by atoms with van der Waals surface area (Å²) in [6.07, 6.45) is 1.54. The van der Waals surface area contributed by atoms with E-state index in [0.717, 1.165) is 23.1 Å². The molecule has 0 bridgehead atoms. The first kappa shape index (κ1) is 13.7. The van der Waals surface area contributed by atoms with E-state index < -0.39 is 0 Å². The fourth-order valence-electron chi connectivity index (χ4n) is 2.10. The molecule has 0 fully saturated rings. The van der Waals surface area contributed by atoms with E-state index in [0.29, 0.717) is 24.6 Å². The fraction of sp³-hybridized carbons (Fsp3) is 0.438. The number of aromatic nitrogens is 1. The van der Waals surface area contributed by atoms with Crippen LogP contribution in [-0.2, 0) is 0 Å². The SMILES string of the molecule is CCCOc1cccc2[nH]c(C(=O)CC(C)C)cc12. The molecule has 0 aliphatic rings. The zero-order valence-corrected chi connectivity index (χ0v) is 11.8. The van der Waals surface area contributed by atoms with E-state index in [1.165, 1.54) is 0 Å². The lowest BCUT2D eigenvalue weighted by molar-refractivity contribution is 0.0964. The van der Waals surface area contributed by atoms with Gasteiger partial charge >= 0.3 is 0 Å². The number of ether oxygens (including phenoxy) is 1. The third kappa shape index (κ3) is 3.16. The van der Waals surface area contributed by atoms with Gasteiger partial charge < -0.3 is 9.72 Å². The highest BCUT2D eigenvalue weighted by atomic mass is 16.5. The zero-order valence-electron chi connectivity index (χ0n) is 11.8. The van der Waals surface area contributed by atoms with Crippen LogP contribution in [0.15, 0.2) is 24.3 Å². The minimum atomic E-state index is 0.160. The van der Waals surface area contributed by atoms with E-state index >= 15 is 0 Å². The highest BCUT2D eigenvalue weighted by Gasteiger charge is 2.13. The molecular formula is C16H21NO2. The molecule has 2 aromatic rings. The summed E-state index contributed by atoms with van der Waals surface area (Å²) in [5.41, 5.74) is 1.64. The van der Waals surface area contributed by atoms with Gasteiger partial charge in [0.2, 0.25) is 0 Å². The maximum Gasteiger partial charge on any atom is 0.179 e. The first-order valence-corrected chi connectivity index (χ1v) is 6.89. The van der Waals surface area contributed by atoms with Gasteiger partial charge in [-0.1, -0.05) is 26.8 Å². The molecule has 0 saturated heterocycles. The Morgan fingerprint density at radius 1 is 1.37 bits per heavy atom. The van der Waals surface area contributed by atoms with Crippen molar-refractivity contribution in [2.24, 2.45) is 5.92 Å². The van der Waals surface area contributed by atoms with Crippen molar-refractivity contribution in [3.63, 3.8) is 0 Å². The van der Waals surface area contributed by atoms with Crippen LogP contribution >= 0.6 is 0 Å². The molecule has 102 valence electrons. The Kier molecular flexibility index (Phi) is 4.25. The Morgan fingerprint density at radius 2 is 2.16 bits per heavy atom. The number of H-pyrrole nitrogens is 1. The third-order valence-electron chi connectivity index (χ3n) is 2.98. The van der Waals surface area contributed by atoms with Crippen molar-refractivity contribution in [1.29, 1.82) is 0 Å². The number of rotatable bonds is 6. The first-order valence-electron chi connectivity index (χ1n) is 6.89. The largest absolute Gasteiger partial charge is 0.493 e. The molecule has 1 heterocycles. The van der Waals surface area contributed by atoms with Gasteiger partial charge in [0.05, 0.1) is 12.3 Å². The average Bonchev–Trinajstić information content (AvgIpc) is 2.80. The second kappa shape index (κ2) is 5.91. The van der Waals surface area contributed by atoms with Gasteiger partial charge in [-0.3, -0.25) is 4.79 Å². The second-order valence-electron chi connectivity index (χ2n) is 5.27. The molecule has 0 radical (unpaired) electrons. The van der Waals surface area contributed by atoms with Gasteiger partial charge in [0.1, 0.15) is 5.75 Å². The molecule has 0 aliphatic heterocycles. The molecule has 0 saturated carbocycles. The fourth-order valence-corrected chi connectivity index (χ4v) is 2.10. The summed E-state index contributed by atoms with van der Waals surface area (Å²) in [5, 5.41) is 0.989. The van der Waals surface area contributed by atoms with E-state index in [1.54, 1.807) is 0 Å². The number of fused-ring (bicyclic) bond motifs is 1. The van der Waals surface area contributed by atoms with Gasteiger partial charge in [-0.25, -0.2) is 0 Å². The molecule has 19 heavy (non-hydrogen) atoms. The maximum absolute atomic E-state index is 12.1. The number of nitrogens with one attached hydrogen (secondary N) is 1. The number of Topliss-reactive ketones (excluding diaryl/α,β-unsaturated/α-hetero) is 1. The van der Waals surface area contributed by atoms with Gasteiger partial charge in [-0.05, 0) is 30.5 Å². The summed E-state index contributed by atoms with van der Waals surface area (Å²) < 4.78 is 5.71. The number of aromatic amines is 1. The molecule has 0 atom stereocenters. The van der Waals surface area contributed by atoms with Crippen LogP contribution in [0.25, 0.3) is 10.9 Å². The van der Waals surface area contributed by atoms with Crippen molar-refractivity contribution in [3.05, 3.63) is 30.0 Å². The van der Waals surface area contributed by atoms with E-state index in [4.69, 9.17) is 4.74 Å². The molecule has 0 unspecified atom stereocenters. The Labute approximate surface area is 114 Å². The Balaban J connectivity index is 2.31. The van der Waals surface area contributed by atoms with Gasteiger partial charge in [-0.15, -0.1) is 0 Å². The molecule has 1 aromatic heterocycles. The molecule has 0 aliphatic carbocycles. The predicted octanol–water partition coefficient (Wildman–Crippen LogP) is 4.19. The Bertz CT molecular complexity index is 569. The van der Waals surface area contributed by atoms with Crippen LogP contribution in [0.1, 0.15) is 44.1 Å². The predicted molar refractivity (Wildman–Crippen MR) is 77.9 cm³/mol. The highest BCUT2D eigenvalue weighted by Crippen LogP contribution is 2.27. The number of ketones is 1. The summed E-state index contributed by atoms with van der Waals surface area (Å²) in [6, 6.07) is 7.77. The normalized spacial score (nSPS) is 11.2. The quantitative estimate of drug-likeness (QED) is 0.790. The summed E-state index contributed by atoms with van der Waals surface area (Å²) in [5.74, 6) is 1.38. The molecule has 2 rings (SSSR count). The van der Waals surface area contributed by atoms with E-state index in [9.17, 15) is 4.79 Å². The lowest BCUT2D eigenvalue weighted by Crippen LogP contribution is -2.03. The van der Waals surface area contributed by atoms with Crippen molar-refractivity contribution in [2.75, 3.05) is 6.61 Å². The van der Waals surface area contributed by atoms with Gasteiger partial charge in [0, 0.05) is 17.3 Å². The minimum Gasteiger partial charge on any atom is -0.493 e. The summed E-state index contributed by atoms with van der Waals surface area (Å²) in [4.78, 5) is 15.3. The summed E-state index contributed by atoms with van der Waals surface area (Å²) >= 11 is 0. The minimum absolute atomic E-state index is 0.160. The zero-order chi connectivity index (χ0) is 13.8. The van der Waals surface area contributed by atoms with Gasteiger partial charge in [0.25, 0.3) is 0 Å². The van der Waals surface area contributed by atoms with Crippen molar-refractivity contribution < 1.29 is 9.53 Å². The smallest absolute Gasteiger partial charge is 0.179 e. The molecule has 1 N–H and O–H groups in total. The van der Waals surface area contributed by atoms with Crippen molar-refractivity contribution in [3.8, 4) is 5.75 Å². The second-order valence-corrected chi connectivity index (χ2v) is 5.27. The molecule has 1 aromatic carbocycles. The van der Waals surface area contributed by atoms with Crippen LogP contribution in [0.2, 0.25) is 0 Å². The first-order chi connectivity index (χ1) is 9.11. The average molecular weight is 259 g/mol. The summed E-state index contributed by atoms with van der Waals surface area (Å²) in [7, 11) is 0. The number of carbonyl (C=O) groups excluding carboxylic acids is 1. The molecular weight excluding hydrogens is 238 g/mol. The lowest BCUT2D eigenvalue weighted by atomic mass is 10.1. The van der Waals surface area contributed by atoms with E-state index in [-0.39, 0.29) is 5.78 Å². The molecule has 3 heteroatoms. The van der Waals surface area contributed by atoms with Gasteiger partial charge in [0.15, 0.2) is 5.78 Å². The van der Waals surface area contributed by atoms with Crippen LogP contribution in [0.4, 0.5) is 0 Å².